The van der Waals surface area contributed by atoms with Crippen molar-refractivity contribution in [3.8, 4) is 0 Å². The fourth-order valence-corrected chi connectivity index (χ4v) is 0.915. The van der Waals surface area contributed by atoms with Gasteiger partial charge < -0.3 is 5.11 Å². The maximum absolute atomic E-state index is 13.0. The molecule has 11 heavy (non-hydrogen) atoms. The first-order valence-electron chi connectivity index (χ1n) is 3.59. The molecule has 2 heteroatoms. The Morgan fingerprint density at radius 3 is 2.27 bits per heavy atom. The van der Waals surface area contributed by atoms with Crippen molar-refractivity contribution in [2.24, 2.45) is 0 Å². The summed E-state index contributed by atoms with van der Waals surface area (Å²) in [6, 6.07) is 8.65. The van der Waals surface area contributed by atoms with Crippen LogP contribution in [0.1, 0.15) is 18.7 Å². The van der Waals surface area contributed by atoms with E-state index in [4.69, 9.17) is 5.11 Å². The van der Waals surface area contributed by atoms with Gasteiger partial charge in [0.25, 0.3) is 0 Å². The fourth-order valence-electron chi connectivity index (χ4n) is 0.915. The van der Waals surface area contributed by atoms with Crippen LogP contribution in [0.4, 0.5) is 4.39 Å². The van der Waals surface area contributed by atoms with E-state index in [1.807, 2.05) is 6.07 Å². The molecular formula is C9H11FO. The molecule has 1 unspecified atom stereocenters. The third kappa shape index (κ3) is 2.02. The molecule has 2 atom stereocenters. The predicted molar refractivity (Wildman–Crippen MR) is 42.0 cm³/mol. The van der Waals surface area contributed by atoms with Crippen LogP contribution in [0.15, 0.2) is 30.3 Å². The van der Waals surface area contributed by atoms with Gasteiger partial charge in [0.2, 0.25) is 0 Å². The molecule has 0 bridgehead atoms. The van der Waals surface area contributed by atoms with Gasteiger partial charge in [-0.15, -0.1) is 0 Å². The minimum absolute atomic E-state index is 0.530. The van der Waals surface area contributed by atoms with Crippen LogP contribution in [0.25, 0.3) is 0 Å². The Morgan fingerprint density at radius 2 is 1.82 bits per heavy atom. The molecule has 0 saturated heterocycles. The molecule has 0 radical (unpaired) electrons. The number of benzene rings is 1. The lowest BCUT2D eigenvalue weighted by atomic mass is 10.1. The molecular weight excluding hydrogens is 143 g/mol. The molecule has 0 aliphatic heterocycles. The van der Waals surface area contributed by atoms with Gasteiger partial charge in [-0.1, -0.05) is 30.3 Å². The monoisotopic (exact) mass is 154 g/mol. The molecule has 0 fully saturated rings. The second-order valence-electron chi connectivity index (χ2n) is 2.55. The molecule has 1 rings (SSSR count). The first-order valence-corrected chi connectivity index (χ1v) is 3.59. The predicted octanol–water partition coefficient (Wildman–Crippen LogP) is 2.08. The van der Waals surface area contributed by atoms with Crippen LogP contribution < -0.4 is 0 Å². The molecule has 1 aromatic rings. The van der Waals surface area contributed by atoms with Crippen LogP contribution in [-0.4, -0.2) is 11.2 Å². The fraction of sp³-hybridized carbons (Fsp3) is 0.333. The molecule has 0 aliphatic carbocycles. The molecule has 0 amide bonds. The molecule has 60 valence electrons. The average Bonchev–Trinajstić information content (AvgIpc) is 2.05. The Morgan fingerprint density at radius 1 is 1.27 bits per heavy atom. The lowest BCUT2D eigenvalue weighted by Gasteiger charge is -2.10. The van der Waals surface area contributed by atoms with Gasteiger partial charge in [0.1, 0.15) is 0 Å². The van der Waals surface area contributed by atoms with E-state index in [0.29, 0.717) is 5.56 Å². The van der Waals surface area contributed by atoms with E-state index in [0.717, 1.165) is 0 Å². The standard InChI is InChI=1S/C9H11FO/c1-7(11)9(10)8-5-3-2-4-6-8/h2-7,9,11H,1H3/t7?,9-/m0/s1. The van der Waals surface area contributed by atoms with Crippen molar-refractivity contribution >= 4 is 0 Å². The molecule has 0 heterocycles. The molecule has 0 saturated carbocycles. The summed E-state index contributed by atoms with van der Waals surface area (Å²) >= 11 is 0. The summed E-state index contributed by atoms with van der Waals surface area (Å²) in [5.41, 5.74) is 0.530. The van der Waals surface area contributed by atoms with Crippen molar-refractivity contribution in [3.63, 3.8) is 0 Å². The van der Waals surface area contributed by atoms with Crippen LogP contribution in [0, 0.1) is 0 Å². The van der Waals surface area contributed by atoms with E-state index < -0.39 is 12.3 Å². The second-order valence-corrected chi connectivity index (χ2v) is 2.55. The van der Waals surface area contributed by atoms with Gasteiger partial charge >= 0.3 is 0 Å². The van der Waals surface area contributed by atoms with Gasteiger partial charge in [0, 0.05) is 0 Å². The molecule has 1 N–H and O–H groups in total. The van der Waals surface area contributed by atoms with Crippen LogP contribution in [0.2, 0.25) is 0 Å². The van der Waals surface area contributed by atoms with Crippen LogP contribution >= 0.6 is 0 Å². The van der Waals surface area contributed by atoms with Crippen molar-refractivity contribution in [2.75, 3.05) is 0 Å². The Balaban J connectivity index is 2.77. The van der Waals surface area contributed by atoms with Gasteiger partial charge in [-0.2, -0.15) is 0 Å². The number of rotatable bonds is 2. The Labute approximate surface area is 65.5 Å². The summed E-state index contributed by atoms with van der Waals surface area (Å²) in [6.45, 7) is 1.44. The van der Waals surface area contributed by atoms with Gasteiger partial charge in [-0.3, -0.25) is 0 Å². The Hall–Kier alpha value is -0.890. The van der Waals surface area contributed by atoms with E-state index in [1.54, 1.807) is 24.3 Å². The minimum atomic E-state index is -1.27. The van der Waals surface area contributed by atoms with E-state index in [1.165, 1.54) is 6.92 Å². The smallest absolute Gasteiger partial charge is 0.151 e. The second kappa shape index (κ2) is 3.49. The number of hydrogen-bond acceptors (Lipinski definition) is 1. The Bertz CT molecular complexity index is 208. The maximum atomic E-state index is 13.0. The number of aliphatic hydroxyl groups excluding tert-OH is 1. The summed E-state index contributed by atoms with van der Waals surface area (Å²) in [4.78, 5) is 0. The van der Waals surface area contributed by atoms with Gasteiger partial charge in [0.15, 0.2) is 6.17 Å². The van der Waals surface area contributed by atoms with Crippen molar-refractivity contribution < 1.29 is 9.50 Å². The van der Waals surface area contributed by atoms with Crippen molar-refractivity contribution in [1.29, 1.82) is 0 Å². The summed E-state index contributed by atoms with van der Waals surface area (Å²) in [5, 5.41) is 8.90. The Kier molecular flexibility index (Phi) is 2.60. The van der Waals surface area contributed by atoms with Gasteiger partial charge in [-0.05, 0) is 12.5 Å². The lowest BCUT2D eigenvalue weighted by Crippen LogP contribution is -2.09. The molecule has 0 spiro atoms. The van der Waals surface area contributed by atoms with E-state index >= 15 is 0 Å². The first-order chi connectivity index (χ1) is 5.22. The highest BCUT2D eigenvalue weighted by Gasteiger charge is 2.14. The third-order valence-electron chi connectivity index (χ3n) is 1.54. The molecule has 0 aromatic heterocycles. The van der Waals surface area contributed by atoms with Crippen LogP contribution in [0.3, 0.4) is 0 Å². The quantitative estimate of drug-likeness (QED) is 0.691. The summed E-state index contributed by atoms with van der Waals surface area (Å²) in [7, 11) is 0. The van der Waals surface area contributed by atoms with Gasteiger partial charge in [-0.25, -0.2) is 4.39 Å². The normalized spacial score (nSPS) is 15.9. The zero-order valence-corrected chi connectivity index (χ0v) is 6.37. The molecule has 0 aliphatic rings. The topological polar surface area (TPSA) is 20.2 Å². The van der Waals surface area contributed by atoms with Gasteiger partial charge in [0.05, 0.1) is 6.10 Å². The number of aliphatic hydroxyl groups is 1. The number of hydrogen-bond donors (Lipinski definition) is 1. The maximum Gasteiger partial charge on any atom is 0.151 e. The zero-order valence-electron chi connectivity index (χ0n) is 6.37. The SMILES string of the molecule is CC(O)[C@H](F)c1ccccc1. The van der Waals surface area contributed by atoms with Crippen LogP contribution in [0.5, 0.6) is 0 Å². The highest BCUT2D eigenvalue weighted by Crippen LogP contribution is 2.20. The zero-order chi connectivity index (χ0) is 8.27. The highest BCUT2D eigenvalue weighted by atomic mass is 19.1. The van der Waals surface area contributed by atoms with Crippen molar-refractivity contribution in [2.45, 2.75) is 19.2 Å². The lowest BCUT2D eigenvalue weighted by molar-refractivity contribution is 0.0933. The van der Waals surface area contributed by atoms with Crippen LogP contribution in [-0.2, 0) is 0 Å². The van der Waals surface area contributed by atoms with Crippen molar-refractivity contribution in [3.05, 3.63) is 35.9 Å². The molecule has 1 nitrogen and oxygen atoms in total. The number of halogens is 1. The highest BCUT2D eigenvalue weighted by molar-refractivity contribution is 5.18. The third-order valence-corrected chi connectivity index (χ3v) is 1.54. The van der Waals surface area contributed by atoms with E-state index in [2.05, 4.69) is 0 Å². The average molecular weight is 154 g/mol. The first kappa shape index (κ1) is 8.21. The number of alkyl halides is 1. The summed E-state index contributed by atoms with van der Waals surface area (Å²) in [5.74, 6) is 0. The minimum Gasteiger partial charge on any atom is -0.390 e. The largest absolute Gasteiger partial charge is 0.390 e. The summed E-state index contributed by atoms with van der Waals surface area (Å²) < 4.78 is 13.0. The summed E-state index contributed by atoms with van der Waals surface area (Å²) in [6.07, 6.45) is -2.20. The molecule has 1 aromatic carbocycles. The van der Waals surface area contributed by atoms with Crippen molar-refractivity contribution in [1.82, 2.24) is 0 Å². The van der Waals surface area contributed by atoms with E-state index in [9.17, 15) is 4.39 Å². The van der Waals surface area contributed by atoms with E-state index in [-0.39, 0.29) is 0 Å².